The van der Waals surface area contributed by atoms with Gasteiger partial charge in [-0.05, 0) is 38.8 Å². The topological polar surface area (TPSA) is 23.5 Å². The molecule has 1 aromatic rings. The number of hydrogen-bond acceptors (Lipinski definition) is 2. The fraction of sp³-hybridized carbons (Fsp3) is 0.571. The summed E-state index contributed by atoms with van der Waals surface area (Å²) in [5.41, 5.74) is 2.15. The van der Waals surface area contributed by atoms with Crippen LogP contribution in [0.2, 0.25) is 0 Å². The maximum atomic E-state index is 10.0. The second kappa shape index (κ2) is 4.56. The van der Waals surface area contributed by atoms with Crippen molar-refractivity contribution in [2.45, 2.75) is 38.8 Å². The van der Waals surface area contributed by atoms with Gasteiger partial charge in [0, 0.05) is 13.1 Å². The van der Waals surface area contributed by atoms with Crippen LogP contribution in [-0.2, 0) is 6.54 Å². The molecule has 0 saturated carbocycles. The van der Waals surface area contributed by atoms with E-state index in [1.165, 1.54) is 11.1 Å². The summed E-state index contributed by atoms with van der Waals surface area (Å²) >= 11 is 0. The van der Waals surface area contributed by atoms with Gasteiger partial charge in [-0.1, -0.05) is 29.8 Å². The highest BCUT2D eigenvalue weighted by Crippen LogP contribution is 2.21. The highest BCUT2D eigenvalue weighted by atomic mass is 16.3. The summed E-state index contributed by atoms with van der Waals surface area (Å²) in [6.45, 7) is 6.91. The molecule has 1 aliphatic heterocycles. The van der Waals surface area contributed by atoms with E-state index in [0.29, 0.717) is 0 Å². The van der Waals surface area contributed by atoms with Crippen LogP contribution in [0, 0.1) is 6.92 Å². The Morgan fingerprint density at radius 3 is 2.94 bits per heavy atom. The molecule has 0 aromatic heterocycles. The molecule has 16 heavy (non-hydrogen) atoms. The van der Waals surface area contributed by atoms with Gasteiger partial charge >= 0.3 is 0 Å². The largest absolute Gasteiger partial charge is 0.389 e. The summed E-state index contributed by atoms with van der Waals surface area (Å²) in [4.78, 5) is 2.35. The molecule has 1 N–H and O–H groups in total. The Bertz CT molecular complexity index is 360. The number of rotatable bonds is 2. The van der Waals surface area contributed by atoms with Gasteiger partial charge in [-0.3, -0.25) is 4.90 Å². The summed E-state index contributed by atoms with van der Waals surface area (Å²) in [5.74, 6) is 0. The Morgan fingerprint density at radius 2 is 2.25 bits per heavy atom. The van der Waals surface area contributed by atoms with Crippen LogP contribution >= 0.6 is 0 Å². The van der Waals surface area contributed by atoms with Crippen molar-refractivity contribution in [3.05, 3.63) is 35.4 Å². The third-order valence-electron chi connectivity index (χ3n) is 3.24. The average molecular weight is 219 g/mol. The van der Waals surface area contributed by atoms with Crippen LogP contribution in [0.25, 0.3) is 0 Å². The van der Waals surface area contributed by atoms with Crippen molar-refractivity contribution in [3.63, 3.8) is 0 Å². The molecule has 1 heterocycles. The molecule has 2 rings (SSSR count). The number of piperidine rings is 1. The Hall–Kier alpha value is -0.860. The summed E-state index contributed by atoms with van der Waals surface area (Å²) in [6.07, 6.45) is 2.02. The maximum Gasteiger partial charge on any atom is 0.0746 e. The average Bonchev–Trinajstić information content (AvgIpc) is 2.15. The zero-order valence-electron chi connectivity index (χ0n) is 10.2. The second-order valence-corrected chi connectivity index (χ2v) is 5.30. The van der Waals surface area contributed by atoms with Crippen molar-refractivity contribution in [1.29, 1.82) is 0 Å². The first-order chi connectivity index (χ1) is 7.55. The number of hydrogen-bond donors (Lipinski definition) is 1. The number of likely N-dealkylation sites (tertiary alicyclic amines) is 1. The highest BCUT2D eigenvalue weighted by Gasteiger charge is 2.27. The van der Waals surface area contributed by atoms with Crippen molar-refractivity contribution in [1.82, 2.24) is 4.90 Å². The van der Waals surface area contributed by atoms with Gasteiger partial charge in [-0.15, -0.1) is 0 Å². The van der Waals surface area contributed by atoms with Crippen LogP contribution in [-0.4, -0.2) is 28.7 Å². The van der Waals surface area contributed by atoms with Crippen molar-refractivity contribution in [2.75, 3.05) is 13.1 Å². The van der Waals surface area contributed by atoms with E-state index < -0.39 is 5.60 Å². The monoisotopic (exact) mass is 219 g/mol. The molecule has 1 saturated heterocycles. The Labute approximate surface area is 97.9 Å². The lowest BCUT2D eigenvalue weighted by Crippen LogP contribution is -2.45. The van der Waals surface area contributed by atoms with Crippen molar-refractivity contribution >= 4 is 0 Å². The summed E-state index contributed by atoms with van der Waals surface area (Å²) in [7, 11) is 0. The Kier molecular flexibility index (Phi) is 3.31. The predicted octanol–water partition coefficient (Wildman–Crippen LogP) is 2.34. The third-order valence-corrected chi connectivity index (χ3v) is 3.24. The number of aryl methyl sites for hydroxylation is 1. The zero-order chi connectivity index (χ0) is 11.6. The first-order valence-corrected chi connectivity index (χ1v) is 6.05. The zero-order valence-corrected chi connectivity index (χ0v) is 10.2. The minimum Gasteiger partial charge on any atom is -0.389 e. The molecule has 1 atom stereocenters. The molecule has 1 unspecified atom stereocenters. The van der Waals surface area contributed by atoms with Gasteiger partial charge < -0.3 is 5.11 Å². The van der Waals surface area contributed by atoms with Crippen molar-refractivity contribution in [2.24, 2.45) is 0 Å². The number of nitrogens with zero attached hydrogens (tertiary/aromatic N) is 1. The Balaban J connectivity index is 1.99. The van der Waals surface area contributed by atoms with Gasteiger partial charge in [-0.2, -0.15) is 0 Å². The standard InChI is InChI=1S/C14H21NO/c1-12-5-3-6-13(9-12)10-15-8-4-7-14(2,16)11-15/h3,5-6,9,16H,4,7-8,10-11H2,1-2H3. The molecule has 0 bridgehead atoms. The van der Waals surface area contributed by atoms with Gasteiger partial charge in [0.1, 0.15) is 0 Å². The summed E-state index contributed by atoms with van der Waals surface area (Å²) in [5, 5.41) is 10.0. The minimum atomic E-state index is -0.498. The summed E-state index contributed by atoms with van der Waals surface area (Å²) in [6, 6.07) is 8.61. The van der Waals surface area contributed by atoms with Crippen molar-refractivity contribution < 1.29 is 5.11 Å². The number of β-amino-alcohol motifs (C(OH)–C–C–N with tert-alkyl or cyclic N) is 1. The normalized spacial score (nSPS) is 26.9. The first-order valence-electron chi connectivity index (χ1n) is 6.05. The van der Waals surface area contributed by atoms with Crippen LogP contribution < -0.4 is 0 Å². The van der Waals surface area contributed by atoms with Crippen LogP contribution in [0.15, 0.2) is 24.3 Å². The van der Waals surface area contributed by atoms with Gasteiger partial charge in [0.25, 0.3) is 0 Å². The second-order valence-electron chi connectivity index (χ2n) is 5.30. The quantitative estimate of drug-likeness (QED) is 0.825. The van der Waals surface area contributed by atoms with Crippen molar-refractivity contribution in [3.8, 4) is 0 Å². The molecule has 88 valence electrons. The highest BCUT2D eigenvalue weighted by molar-refractivity contribution is 5.22. The van der Waals surface area contributed by atoms with Crippen LogP contribution in [0.5, 0.6) is 0 Å². The molecule has 0 spiro atoms. The lowest BCUT2D eigenvalue weighted by atomic mass is 9.95. The van der Waals surface area contributed by atoms with E-state index in [4.69, 9.17) is 0 Å². The fourth-order valence-electron chi connectivity index (χ4n) is 2.53. The van der Waals surface area contributed by atoms with E-state index in [1.54, 1.807) is 0 Å². The van der Waals surface area contributed by atoms with E-state index in [2.05, 4.69) is 36.1 Å². The third kappa shape index (κ3) is 3.06. The SMILES string of the molecule is Cc1cccc(CN2CCCC(C)(O)C2)c1. The lowest BCUT2D eigenvalue weighted by Gasteiger charge is -2.36. The minimum absolute atomic E-state index is 0.498. The van der Waals surface area contributed by atoms with Crippen LogP contribution in [0.4, 0.5) is 0 Å². The number of aliphatic hydroxyl groups is 1. The molecule has 1 aliphatic rings. The van der Waals surface area contributed by atoms with E-state index in [9.17, 15) is 5.11 Å². The van der Waals surface area contributed by atoms with Gasteiger partial charge in [0.2, 0.25) is 0 Å². The molecule has 0 radical (unpaired) electrons. The van der Waals surface area contributed by atoms with E-state index in [-0.39, 0.29) is 0 Å². The lowest BCUT2D eigenvalue weighted by molar-refractivity contribution is -0.0181. The van der Waals surface area contributed by atoms with E-state index in [1.807, 2.05) is 6.92 Å². The first kappa shape index (κ1) is 11.6. The predicted molar refractivity (Wildman–Crippen MR) is 66.3 cm³/mol. The van der Waals surface area contributed by atoms with Gasteiger partial charge in [-0.25, -0.2) is 0 Å². The smallest absolute Gasteiger partial charge is 0.0746 e. The molecule has 0 amide bonds. The Morgan fingerprint density at radius 1 is 1.44 bits per heavy atom. The van der Waals surface area contributed by atoms with Gasteiger partial charge in [0.15, 0.2) is 0 Å². The molecule has 1 aromatic carbocycles. The number of benzene rings is 1. The molecule has 0 aliphatic carbocycles. The van der Waals surface area contributed by atoms with E-state index in [0.717, 1.165) is 32.5 Å². The molecular weight excluding hydrogens is 198 g/mol. The fourth-order valence-corrected chi connectivity index (χ4v) is 2.53. The molecule has 2 nitrogen and oxygen atoms in total. The van der Waals surface area contributed by atoms with E-state index >= 15 is 0 Å². The molecule has 1 fully saturated rings. The van der Waals surface area contributed by atoms with Gasteiger partial charge in [0.05, 0.1) is 5.60 Å². The maximum absolute atomic E-state index is 10.0. The van der Waals surface area contributed by atoms with Crippen LogP contribution in [0.3, 0.4) is 0 Å². The molecular formula is C14H21NO. The van der Waals surface area contributed by atoms with Crippen LogP contribution in [0.1, 0.15) is 30.9 Å². The summed E-state index contributed by atoms with van der Waals surface area (Å²) < 4.78 is 0. The molecule has 2 heteroatoms.